The van der Waals surface area contributed by atoms with E-state index in [1.165, 1.54) is 0 Å². The molecule has 0 atom stereocenters. The van der Waals surface area contributed by atoms with Crippen LogP contribution in [0.2, 0.25) is 0 Å². The molecule has 0 radical (unpaired) electrons. The normalized spacial score (nSPS) is 9.06. The van der Waals surface area contributed by atoms with Crippen molar-refractivity contribution in [3.63, 3.8) is 0 Å². The van der Waals surface area contributed by atoms with Gasteiger partial charge >= 0.3 is 0 Å². The molecule has 0 aliphatic rings. The molecule has 0 spiro atoms. The van der Waals surface area contributed by atoms with Crippen LogP contribution < -0.4 is 4.74 Å². The standard InChI is InChI=1S/C13H7N3O/c14-8-10-3-1-5-12(7-10)17-13-6-2-4-11(9-15)16-13/h1-7H. The van der Waals surface area contributed by atoms with Crippen LogP contribution in [0.4, 0.5) is 0 Å². The highest BCUT2D eigenvalue weighted by Gasteiger charge is 2.01. The first-order valence-corrected chi connectivity index (χ1v) is 4.87. The maximum absolute atomic E-state index is 8.75. The number of hydrogen-bond donors (Lipinski definition) is 0. The summed E-state index contributed by atoms with van der Waals surface area (Å²) in [5.74, 6) is 0.853. The highest BCUT2D eigenvalue weighted by atomic mass is 16.5. The summed E-state index contributed by atoms with van der Waals surface area (Å²) in [6, 6.07) is 15.6. The van der Waals surface area contributed by atoms with Gasteiger partial charge in [-0.1, -0.05) is 12.1 Å². The van der Waals surface area contributed by atoms with Crippen LogP contribution in [0, 0.1) is 22.7 Å². The lowest BCUT2D eigenvalue weighted by molar-refractivity contribution is 0.462. The van der Waals surface area contributed by atoms with E-state index >= 15 is 0 Å². The Kier molecular flexibility index (Phi) is 3.00. The fraction of sp³-hybridized carbons (Fsp3) is 0. The van der Waals surface area contributed by atoms with Crippen LogP contribution in [-0.2, 0) is 0 Å². The minimum Gasteiger partial charge on any atom is -0.439 e. The zero-order chi connectivity index (χ0) is 12.1. The first kappa shape index (κ1) is 10.7. The molecule has 0 fully saturated rings. The van der Waals surface area contributed by atoms with Gasteiger partial charge in [0.1, 0.15) is 17.5 Å². The third-order valence-electron chi connectivity index (χ3n) is 2.02. The summed E-state index contributed by atoms with van der Waals surface area (Å²) < 4.78 is 5.45. The van der Waals surface area contributed by atoms with Gasteiger partial charge in [-0.15, -0.1) is 0 Å². The van der Waals surface area contributed by atoms with E-state index in [1.807, 2.05) is 12.1 Å². The molecule has 2 aromatic rings. The molecule has 0 amide bonds. The van der Waals surface area contributed by atoms with Crippen molar-refractivity contribution in [1.29, 1.82) is 10.5 Å². The third kappa shape index (κ3) is 2.58. The van der Waals surface area contributed by atoms with Gasteiger partial charge in [0, 0.05) is 6.07 Å². The number of hydrogen-bond acceptors (Lipinski definition) is 4. The van der Waals surface area contributed by atoms with Crippen molar-refractivity contribution in [2.24, 2.45) is 0 Å². The summed E-state index contributed by atoms with van der Waals surface area (Å²) in [5, 5.41) is 17.4. The highest BCUT2D eigenvalue weighted by molar-refractivity contribution is 5.38. The van der Waals surface area contributed by atoms with E-state index in [-0.39, 0.29) is 0 Å². The van der Waals surface area contributed by atoms with Crippen molar-refractivity contribution >= 4 is 0 Å². The molecular formula is C13H7N3O. The lowest BCUT2D eigenvalue weighted by Gasteiger charge is -2.04. The zero-order valence-corrected chi connectivity index (χ0v) is 8.79. The van der Waals surface area contributed by atoms with Gasteiger partial charge in [0.05, 0.1) is 11.6 Å². The molecule has 1 aromatic heterocycles. The Bertz CT molecular complexity index is 568. The van der Waals surface area contributed by atoms with Crippen LogP contribution in [0.1, 0.15) is 11.3 Å². The second kappa shape index (κ2) is 4.78. The number of ether oxygens (including phenoxy) is 1. The van der Waals surface area contributed by atoms with Gasteiger partial charge in [-0.2, -0.15) is 10.5 Å². The summed E-state index contributed by atoms with van der Waals surface area (Å²) in [7, 11) is 0. The summed E-state index contributed by atoms with van der Waals surface area (Å²) in [6.07, 6.45) is 0. The van der Waals surface area contributed by atoms with Crippen LogP contribution in [-0.4, -0.2) is 4.98 Å². The summed E-state index contributed by atoms with van der Waals surface area (Å²) in [5.41, 5.74) is 0.804. The molecule has 80 valence electrons. The molecule has 4 heteroatoms. The first-order valence-electron chi connectivity index (χ1n) is 4.87. The van der Waals surface area contributed by atoms with E-state index in [9.17, 15) is 0 Å². The minimum absolute atomic E-state index is 0.291. The van der Waals surface area contributed by atoms with Gasteiger partial charge in [-0.3, -0.25) is 0 Å². The predicted molar refractivity (Wildman–Crippen MR) is 60.2 cm³/mol. The molecule has 0 N–H and O–H groups in total. The quantitative estimate of drug-likeness (QED) is 0.781. The Morgan fingerprint density at radius 1 is 1.00 bits per heavy atom. The third-order valence-corrected chi connectivity index (χ3v) is 2.02. The lowest BCUT2D eigenvalue weighted by atomic mass is 10.2. The molecule has 2 rings (SSSR count). The smallest absolute Gasteiger partial charge is 0.220 e. The Balaban J connectivity index is 2.26. The summed E-state index contributed by atoms with van der Waals surface area (Å²) in [4.78, 5) is 3.98. The number of nitriles is 2. The van der Waals surface area contributed by atoms with E-state index in [2.05, 4.69) is 4.98 Å². The molecule has 0 aliphatic heterocycles. The van der Waals surface area contributed by atoms with Crippen molar-refractivity contribution in [3.8, 4) is 23.8 Å². The van der Waals surface area contributed by atoms with Crippen molar-refractivity contribution < 1.29 is 4.74 Å². The molecule has 1 aromatic carbocycles. The van der Waals surface area contributed by atoms with Crippen LogP contribution in [0.25, 0.3) is 0 Å². The highest BCUT2D eigenvalue weighted by Crippen LogP contribution is 2.20. The summed E-state index contributed by atoms with van der Waals surface area (Å²) >= 11 is 0. The van der Waals surface area contributed by atoms with Crippen LogP contribution in [0.3, 0.4) is 0 Å². The van der Waals surface area contributed by atoms with Crippen LogP contribution in [0.5, 0.6) is 11.6 Å². The number of pyridine rings is 1. The monoisotopic (exact) mass is 221 g/mol. The van der Waals surface area contributed by atoms with Gasteiger partial charge in [-0.25, -0.2) is 4.98 Å². The minimum atomic E-state index is 0.291. The molecular weight excluding hydrogens is 214 g/mol. The number of nitrogens with zero attached hydrogens (tertiary/aromatic N) is 3. The second-order valence-electron chi connectivity index (χ2n) is 3.21. The Labute approximate surface area is 98.3 Å². The molecule has 1 heterocycles. The van der Waals surface area contributed by atoms with Gasteiger partial charge in [0.2, 0.25) is 5.88 Å². The lowest BCUT2D eigenvalue weighted by Crippen LogP contribution is -1.90. The maximum atomic E-state index is 8.75. The number of aromatic nitrogens is 1. The van der Waals surface area contributed by atoms with Gasteiger partial charge in [0.15, 0.2) is 0 Å². The molecule has 0 saturated carbocycles. The first-order chi connectivity index (χ1) is 8.31. The van der Waals surface area contributed by atoms with Crippen molar-refractivity contribution in [2.75, 3.05) is 0 Å². The Morgan fingerprint density at radius 3 is 2.59 bits per heavy atom. The molecule has 0 bridgehead atoms. The molecule has 0 saturated heterocycles. The average Bonchev–Trinajstić information content (AvgIpc) is 2.39. The van der Waals surface area contributed by atoms with Crippen molar-refractivity contribution in [3.05, 3.63) is 53.7 Å². The van der Waals surface area contributed by atoms with Crippen LogP contribution in [0.15, 0.2) is 42.5 Å². The van der Waals surface area contributed by atoms with E-state index in [0.29, 0.717) is 22.9 Å². The van der Waals surface area contributed by atoms with Gasteiger partial charge in [0.25, 0.3) is 0 Å². The Morgan fingerprint density at radius 2 is 1.82 bits per heavy atom. The SMILES string of the molecule is N#Cc1cccc(Oc2cccc(C#N)n2)c1. The predicted octanol–water partition coefficient (Wildman–Crippen LogP) is 2.62. The fourth-order valence-electron chi connectivity index (χ4n) is 1.28. The van der Waals surface area contributed by atoms with E-state index in [0.717, 1.165) is 0 Å². The van der Waals surface area contributed by atoms with E-state index < -0.39 is 0 Å². The number of rotatable bonds is 2. The molecule has 4 nitrogen and oxygen atoms in total. The zero-order valence-electron chi connectivity index (χ0n) is 8.79. The van der Waals surface area contributed by atoms with Gasteiger partial charge in [-0.05, 0) is 24.3 Å². The van der Waals surface area contributed by atoms with Gasteiger partial charge < -0.3 is 4.74 Å². The fourth-order valence-corrected chi connectivity index (χ4v) is 1.28. The largest absolute Gasteiger partial charge is 0.439 e. The van der Waals surface area contributed by atoms with Crippen LogP contribution >= 0.6 is 0 Å². The van der Waals surface area contributed by atoms with E-state index in [4.69, 9.17) is 15.3 Å². The van der Waals surface area contributed by atoms with E-state index in [1.54, 1.807) is 42.5 Å². The molecule has 0 unspecified atom stereocenters. The summed E-state index contributed by atoms with van der Waals surface area (Å²) in [6.45, 7) is 0. The maximum Gasteiger partial charge on any atom is 0.220 e. The topological polar surface area (TPSA) is 69.7 Å². The Hall–Kier alpha value is -2.85. The average molecular weight is 221 g/mol. The molecule has 17 heavy (non-hydrogen) atoms. The molecule has 0 aliphatic carbocycles. The second-order valence-corrected chi connectivity index (χ2v) is 3.21. The number of benzene rings is 1. The van der Waals surface area contributed by atoms with Crippen molar-refractivity contribution in [1.82, 2.24) is 4.98 Å². The van der Waals surface area contributed by atoms with Crippen molar-refractivity contribution in [2.45, 2.75) is 0 Å².